The van der Waals surface area contributed by atoms with Crippen LogP contribution in [0.25, 0.3) is 0 Å². The van der Waals surface area contributed by atoms with E-state index < -0.39 is 11.7 Å². The van der Waals surface area contributed by atoms with Crippen molar-refractivity contribution < 1.29 is 19.4 Å². The molecule has 1 aromatic carbocycles. The molecule has 2 rings (SSSR count). The number of aliphatic hydroxyl groups is 1. The van der Waals surface area contributed by atoms with Crippen LogP contribution in [0.1, 0.15) is 12.5 Å². The van der Waals surface area contributed by atoms with Crippen molar-refractivity contribution in [3.8, 4) is 0 Å². The molecule has 0 aliphatic carbocycles. The van der Waals surface area contributed by atoms with Gasteiger partial charge in [0, 0.05) is 6.54 Å². The van der Waals surface area contributed by atoms with Crippen LogP contribution in [0.2, 0.25) is 0 Å². The standard InChI is InChI=1S/C14H19NO4/c1-14(17)10-15(7-8-18-11-14)13(16)19-9-12-5-3-2-4-6-12/h2-6,17H,7-11H2,1H3. The maximum absolute atomic E-state index is 11.9. The third-order valence-corrected chi connectivity index (χ3v) is 2.91. The zero-order valence-corrected chi connectivity index (χ0v) is 11.0. The SMILES string of the molecule is CC1(O)COCCN(C(=O)OCc2ccccc2)C1. The van der Waals surface area contributed by atoms with E-state index in [1.54, 1.807) is 6.92 Å². The summed E-state index contributed by atoms with van der Waals surface area (Å²) in [6.07, 6.45) is -0.422. The van der Waals surface area contributed by atoms with Crippen LogP contribution in [-0.4, -0.2) is 48.0 Å². The lowest BCUT2D eigenvalue weighted by atomic mass is 10.1. The quantitative estimate of drug-likeness (QED) is 0.878. The number of ether oxygens (including phenoxy) is 2. The number of rotatable bonds is 2. The average Bonchev–Trinajstić information content (AvgIpc) is 2.58. The lowest BCUT2D eigenvalue weighted by Crippen LogP contribution is -2.44. The van der Waals surface area contributed by atoms with Crippen molar-refractivity contribution in [3.05, 3.63) is 35.9 Å². The molecule has 0 saturated carbocycles. The first-order valence-electron chi connectivity index (χ1n) is 6.33. The van der Waals surface area contributed by atoms with Crippen LogP contribution in [0.15, 0.2) is 30.3 Å². The smallest absolute Gasteiger partial charge is 0.410 e. The number of β-amino-alcohol motifs (C(OH)–C–C–N with tert-alkyl or cyclic N) is 1. The molecule has 1 aromatic rings. The van der Waals surface area contributed by atoms with Crippen molar-refractivity contribution >= 4 is 6.09 Å². The normalized spacial score (nSPS) is 23.8. The predicted octanol–water partition coefficient (Wildman–Crippen LogP) is 1.41. The van der Waals surface area contributed by atoms with Gasteiger partial charge in [-0.15, -0.1) is 0 Å². The molecule has 1 aliphatic rings. The van der Waals surface area contributed by atoms with E-state index in [2.05, 4.69) is 0 Å². The van der Waals surface area contributed by atoms with Crippen molar-refractivity contribution in [1.29, 1.82) is 0 Å². The van der Waals surface area contributed by atoms with Gasteiger partial charge in [-0.3, -0.25) is 0 Å². The fourth-order valence-corrected chi connectivity index (χ4v) is 1.97. The first kappa shape index (κ1) is 13.8. The molecule has 0 radical (unpaired) electrons. The zero-order valence-electron chi connectivity index (χ0n) is 11.0. The first-order chi connectivity index (χ1) is 9.07. The van der Waals surface area contributed by atoms with Gasteiger partial charge >= 0.3 is 6.09 Å². The van der Waals surface area contributed by atoms with Crippen LogP contribution < -0.4 is 0 Å². The largest absolute Gasteiger partial charge is 0.445 e. The molecule has 0 bridgehead atoms. The maximum Gasteiger partial charge on any atom is 0.410 e. The van der Waals surface area contributed by atoms with Gasteiger partial charge in [0.1, 0.15) is 12.2 Å². The molecule has 104 valence electrons. The number of benzene rings is 1. The molecule has 1 saturated heterocycles. The molecule has 1 amide bonds. The van der Waals surface area contributed by atoms with E-state index in [-0.39, 0.29) is 19.8 Å². The topological polar surface area (TPSA) is 59.0 Å². The van der Waals surface area contributed by atoms with Crippen molar-refractivity contribution in [3.63, 3.8) is 0 Å². The molecule has 19 heavy (non-hydrogen) atoms. The van der Waals surface area contributed by atoms with Crippen LogP contribution in [0, 0.1) is 0 Å². The Morgan fingerprint density at radius 2 is 2.21 bits per heavy atom. The van der Waals surface area contributed by atoms with Crippen LogP contribution in [-0.2, 0) is 16.1 Å². The molecular weight excluding hydrogens is 246 g/mol. The molecule has 0 aromatic heterocycles. The van der Waals surface area contributed by atoms with Crippen LogP contribution in [0.5, 0.6) is 0 Å². The van der Waals surface area contributed by atoms with Gasteiger partial charge in [0.2, 0.25) is 0 Å². The highest BCUT2D eigenvalue weighted by atomic mass is 16.6. The van der Waals surface area contributed by atoms with E-state index in [1.165, 1.54) is 4.90 Å². The number of carbonyl (C=O) groups is 1. The predicted molar refractivity (Wildman–Crippen MR) is 69.6 cm³/mol. The summed E-state index contributed by atoms with van der Waals surface area (Å²) in [4.78, 5) is 13.4. The Morgan fingerprint density at radius 1 is 1.47 bits per heavy atom. The molecule has 1 unspecified atom stereocenters. The Labute approximate surface area is 112 Å². The minimum Gasteiger partial charge on any atom is -0.445 e. The third-order valence-electron chi connectivity index (χ3n) is 2.91. The highest BCUT2D eigenvalue weighted by Gasteiger charge is 2.30. The number of nitrogens with zero attached hydrogens (tertiary/aromatic N) is 1. The van der Waals surface area contributed by atoms with E-state index in [0.29, 0.717) is 13.2 Å². The summed E-state index contributed by atoms with van der Waals surface area (Å²) in [7, 11) is 0. The summed E-state index contributed by atoms with van der Waals surface area (Å²) in [6, 6.07) is 9.50. The second-order valence-corrected chi connectivity index (χ2v) is 5.01. The summed E-state index contributed by atoms with van der Waals surface area (Å²) >= 11 is 0. The van der Waals surface area contributed by atoms with Crippen LogP contribution in [0.4, 0.5) is 4.79 Å². The average molecular weight is 265 g/mol. The number of hydrogen-bond acceptors (Lipinski definition) is 4. The summed E-state index contributed by atoms with van der Waals surface area (Å²) in [5, 5.41) is 9.98. The fraction of sp³-hybridized carbons (Fsp3) is 0.500. The summed E-state index contributed by atoms with van der Waals surface area (Å²) < 4.78 is 10.5. The Balaban J connectivity index is 1.88. The highest BCUT2D eigenvalue weighted by Crippen LogP contribution is 2.13. The summed E-state index contributed by atoms with van der Waals surface area (Å²) in [5.41, 5.74) is -0.0869. The second kappa shape index (κ2) is 6.04. The second-order valence-electron chi connectivity index (χ2n) is 5.01. The van der Waals surface area contributed by atoms with Crippen molar-refractivity contribution in [2.24, 2.45) is 0 Å². The lowest BCUT2D eigenvalue weighted by Gasteiger charge is -2.26. The molecule has 1 fully saturated rings. The molecule has 1 heterocycles. The molecule has 1 atom stereocenters. The first-order valence-corrected chi connectivity index (χ1v) is 6.33. The molecule has 1 aliphatic heterocycles. The Bertz CT molecular complexity index is 419. The van der Waals surface area contributed by atoms with Gasteiger partial charge in [-0.2, -0.15) is 0 Å². The van der Waals surface area contributed by atoms with Crippen LogP contribution in [0.3, 0.4) is 0 Å². The Morgan fingerprint density at radius 3 is 2.95 bits per heavy atom. The van der Waals surface area contributed by atoms with Gasteiger partial charge in [-0.25, -0.2) is 4.79 Å². The van der Waals surface area contributed by atoms with E-state index in [0.717, 1.165) is 5.56 Å². The number of hydrogen-bond donors (Lipinski definition) is 1. The van der Waals surface area contributed by atoms with Crippen molar-refractivity contribution in [2.45, 2.75) is 19.1 Å². The van der Waals surface area contributed by atoms with Crippen molar-refractivity contribution in [2.75, 3.05) is 26.3 Å². The molecule has 0 spiro atoms. The van der Waals surface area contributed by atoms with Gasteiger partial charge in [0.25, 0.3) is 0 Å². The minimum absolute atomic E-state index is 0.223. The van der Waals surface area contributed by atoms with E-state index in [4.69, 9.17) is 9.47 Å². The van der Waals surface area contributed by atoms with Gasteiger partial charge in [0.15, 0.2) is 0 Å². The maximum atomic E-state index is 11.9. The molecule has 1 N–H and O–H groups in total. The van der Waals surface area contributed by atoms with Gasteiger partial charge in [0.05, 0.1) is 19.8 Å². The summed E-state index contributed by atoms with van der Waals surface area (Å²) in [6.45, 7) is 3.19. The highest BCUT2D eigenvalue weighted by molar-refractivity contribution is 5.67. The number of carbonyl (C=O) groups excluding carboxylic acids is 1. The Kier molecular flexibility index (Phi) is 4.39. The zero-order chi connectivity index (χ0) is 13.7. The van der Waals surface area contributed by atoms with E-state index in [9.17, 15) is 9.90 Å². The fourth-order valence-electron chi connectivity index (χ4n) is 1.97. The van der Waals surface area contributed by atoms with Gasteiger partial charge in [-0.05, 0) is 12.5 Å². The van der Waals surface area contributed by atoms with Crippen LogP contribution >= 0.6 is 0 Å². The minimum atomic E-state index is -1.03. The summed E-state index contributed by atoms with van der Waals surface area (Å²) in [5.74, 6) is 0. The molecule has 5 nitrogen and oxygen atoms in total. The monoisotopic (exact) mass is 265 g/mol. The van der Waals surface area contributed by atoms with E-state index in [1.807, 2.05) is 30.3 Å². The Hall–Kier alpha value is -1.59. The third kappa shape index (κ3) is 4.22. The van der Waals surface area contributed by atoms with Gasteiger partial charge in [-0.1, -0.05) is 30.3 Å². The van der Waals surface area contributed by atoms with Crippen molar-refractivity contribution in [1.82, 2.24) is 4.90 Å². The molecular formula is C14H19NO4. The van der Waals surface area contributed by atoms with E-state index >= 15 is 0 Å². The molecule has 5 heteroatoms. The lowest BCUT2D eigenvalue weighted by molar-refractivity contribution is -0.0222. The van der Waals surface area contributed by atoms with Gasteiger partial charge < -0.3 is 19.5 Å². The number of amides is 1.